The second-order valence-electron chi connectivity index (χ2n) is 1.15. The molecule has 0 saturated heterocycles. The molecule has 0 aromatic heterocycles. The van der Waals surface area contributed by atoms with Crippen molar-refractivity contribution in [3.05, 3.63) is 0 Å². The summed E-state index contributed by atoms with van der Waals surface area (Å²) >= 11 is -0.935. The minimum absolute atomic E-state index is 0.468. The van der Waals surface area contributed by atoms with Gasteiger partial charge < -0.3 is 0 Å². The van der Waals surface area contributed by atoms with E-state index in [-0.39, 0.29) is 0 Å². The molecule has 0 saturated carbocycles. The quantitative estimate of drug-likeness (QED) is 0.540. The van der Waals surface area contributed by atoms with E-state index in [4.69, 9.17) is 0 Å². The van der Waals surface area contributed by atoms with Crippen molar-refractivity contribution in [2.45, 2.75) is 24.4 Å². The molecule has 8 heavy (non-hydrogen) atoms. The van der Waals surface area contributed by atoms with Gasteiger partial charge in [-0.15, -0.1) is 0 Å². The summed E-state index contributed by atoms with van der Waals surface area (Å²) in [4.78, 5) is 0. The molecule has 0 amide bonds. The average molecular weight is 144 g/mol. The Morgan fingerprint density at radius 1 is 1.00 bits per heavy atom. The predicted octanol–water partition coefficient (Wildman–Crippen LogP) is 0.949. The van der Waals surface area contributed by atoms with Crippen LogP contribution in [0.15, 0.2) is 0 Å². The molecule has 0 aliphatic heterocycles. The Hall–Kier alpha value is 0.665. The summed E-state index contributed by atoms with van der Waals surface area (Å²) in [5.74, 6) is 0. The molecule has 0 fully saturated rings. The summed E-state index contributed by atoms with van der Waals surface area (Å²) in [6, 6.07) is 0. The van der Waals surface area contributed by atoms with Gasteiger partial charge in [0.1, 0.15) is 0 Å². The molecule has 0 radical (unpaired) electrons. The van der Waals surface area contributed by atoms with Crippen LogP contribution in [0.1, 0.15) is 13.8 Å². The zero-order valence-electron chi connectivity index (χ0n) is 5.39. The molecule has 0 heterocycles. The van der Waals surface area contributed by atoms with Gasteiger partial charge >= 0.3 is 62.3 Å². The van der Waals surface area contributed by atoms with Gasteiger partial charge in [0, 0.05) is 0 Å². The molecule has 0 N–H and O–H groups in total. The summed E-state index contributed by atoms with van der Waals surface area (Å²) in [5.41, 5.74) is 0. The molecule has 0 bridgehead atoms. The molecule has 0 aliphatic rings. The summed E-state index contributed by atoms with van der Waals surface area (Å²) < 4.78 is 18.8. The van der Waals surface area contributed by atoms with Gasteiger partial charge in [-0.3, -0.25) is 0 Å². The molecule has 4 heteroatoms. The van der Waals surface area contributed by atoms with Crippen molar-refractivity contribution < 1.29 is 7.61 Å². The molecule has 0 spiro atoms. The van der Waals surface area contributed by atoms with E-state index in [9.17, 15) is 7.61 Å². The van der Waals surface area contributed by atoms with Gasteiger partial charge in [0.2, 0.25) is 0 Å². The Morgan fingerprint density at radius 3 is 1.12 bits per heavy atom. The van der Waals surface area contributed by atoms with Crippen LogP contribution in [0, 0.1) is 0 Å². The van der Waals surface area contributed by atoms with Crippen molar-refractivity contribution in [1.82, 2.24) is 0 Å². The van der Waals surface area contributed by atoms with Gasteiger partial charge in [-0.05, 0) is 0 Å². The van der Waals surface area contributed by atoms with Crippen molar-refractivity contribution in [3.63, 3.8) is 0 Å². The van der Waals surface area contributed by atoms with Crippen molar-refractivity contribution >= 4 is 30.3 Å². The van der Waals surface area contributed by atoms with E-state index in [1.165, 1.54) is 0 Å². The van der Waals surface area contributed by atoms with Crippen molar-refractivity contribution in [3.8, 4) is 0 Å². The van der Waals surface area contributed by atoms with Gasteiger partial charge in [0.05, 0.1) is 0 Å². The molecule has 2 nitrogen and oxygen atoms in total. The van der Waals surface area contributed by atoms with E-state index in [2.05, 4.69) is 0 Å². The van der Waals surface area contributed by atoms with Crippen molar-refractivity contribution in [2.24, 2.45) is 0 Å². The molecule has 0 rings (SSSR count). The van der Waals surface area contributed by atoms with E-state index < -0.39 is 30.3 Å². The van der Waals surface area contributed by atoms with Crippen LogP contribution in [0.3, 0.4) is 0 Å². The molecule has 0 aromatic carbocycles. The zero-order chi connectivity index (χ0) is 6.83. The van der Waals surface area contributed by atoms with Crippen LogP contribution in [-0.4, -0.2) is 30.3 Å². The third-order valence-corrected chi connectivity index (χ3v) is 1.00. The van der Waals surface area contributed by atoms with Crippen LogP contribution in [0.5, 0.6) is 0 Å². The van der Waals surface area contributed by atoms with Crippen LogP contribution in [0.2, 0.25) is 10.6 Å². The van der Waals surface area contributed by atoms with Gasteiger partial charge in [-0.25, -0.2) is 0 Å². The Bertz CT molecular complexity index is 48.0. The second-order valence-corrected chi connectivity index (χ2v) is 3.45. The third-order valence-electron chi connectivity index (χ3n) is 0.333. The van der Waals surface area contributed by atoms with E-state index in [1.807, 2.05) is 13.8 Å². The summed E-state index contributed by atoms with van der Waals surface area (Å²) in [7, 11) is 0. The maximum atomic E-state index is 9.38. The van der Waals surface area contributed by atoms with E-state index in [0.717, 1.165) is 10.6 Å². The van der Waals surface area contributed by atoms with Crippen LogP contribution >= 0.6 is 0 Å². The normalized spacial score (nSPS) is 5.25. The Kier molecular flexibility index (Phi) is 22.4. The molecular weight excluding hydrogens is 134 g/mol. The molecule has 0 atom stereocenters. The number of hydrogen-bond acceptors (Lipinski definition) is 2. The first kappa shape index (κ1) is 11.5. The molecular formula is C4H10Al2O2. The Morgan fingerprint density at radius 2 is 1.12 bits per heavy atom. The van der Waals surface area contributed by atoms with Gasteiger partial charge in [0.25, 0.3) is 0 Å². The fraction of sp³-hybridized carbons (Fsp3) is 1.00. The molecule has 0 aromatic rings. The average Bonchev–Trinajstić information content (AvgIpc) is 1.88. The van der Waals surface area contributed by atoms with Gasteiger partial charge in [-0.1, -0.05) is 0 Å². The number of hydrogen-bond donors (Lipinski definition) is 0. The molecule has 44 valence electrons. The van der Waals surface area contributed by atoms with Crippen LogP contribution < -0.4 is 0 Å². The first-order valence-corrected chi connectivity index (χ1v) is 5.28. The second kappa shape index (κ2) is 15.6. The minimum atomic E-state index is -0.468. The van der Waals surface area contributed by atoms with Crippen molar-refractivity contribution in [2.75, 3.05) is 0 Å². The van der Waals surface area contributed by atoms with E-state index >= 15 is 0 Å². The van der Waals surface area contributed by atoms with Crippen LogP contribution in [0.4, 0.5) is 0 Å². The van der Waals surface area contributed by atoms with E-state index in [0.29, 0.717) is 0 Å². The van der Waals surface area contributed by atoms with Gasteiger partial charge in [0.15, 0.2) is 0 Å². The summed E-state index contributed by atoms with van der Waals surface area (Å²) in [5, 5.41) is 1.69. The molecule has 0 aliphatic carbocycles. The first-order chi connectivity index (χ1) is 3.83. The standard InChI is InChI=1S/2C2H5.2Al.2O/c2*1-2;;;;/h2*1H2,2H3;;;;. The SMILES string of the molecule is C[CH2][Al]=[O].C[CH2][Al]=[O]. The summed E-state index contributed by atoms with van der Waals surface area (Å²) in [6.07, 6.45) is 0. The maximum absolute atomic E-state index is 9.38. The van der Waals surface area contributed by atoms with E-state index in [1.54, 1.807) is 0 Å². The third kappa shape index (κ3) is 30.1. The monoisotopic (exact) mass is 144 g/mol. The zero-order valence-corrected chi connectivity index (χ0v) is 7.69. The molecule has 0 unspecified atom stereocenters. The Labute approximate surface area is 62.5 Å². The number of rotatable bonds is 2. The van der Waals surface area contributed by atoms with Crippen molar-refractivity contribution in [1.29, 1.82) is 0 Å². The predicted molar refractivity (Wildman–Crippen MR) is 33.8 cm³/mol. The Balaban J connectivity index is 0. The first-order valence-electron chi connectivity index (χ1n) is 2.70. The van der Waals surface area contributed by atoms with Crippen LogP contribution in [0.25, 0.3) is 0 Å². The summed E-state index contributed by atoms with van der Waals surface area (Å²) in [6.45, 7) is 3.81. The van der Waals surface area contributed by atoms with Crippen LogP contribution in [-0.2, 0) is 7.61 Å². The fourth-order valence-electron chi connectivity index (χ4n) is 0. The fourth-order valence-corrected chi connectivity index (χ4v) is 0. The topological polar surface area (TPSA) is 34.1 Å². The van der Waals surface area contributed by atoms with Gasteiger partial charge in [-0.2, -0.15) is 0 Å².